The van der Waals surface area contributed by atoms with E-state index in [2.05, 4.69) is 4.99 Å². The molecule has 0 aliphatic heterocycles. The molecule has 0 amide bonds. The number of hydrogen-bond acceptors (Lipinski definition) is 2. The molecule has 0 saturated heterocycles. The number of carbonyl (C=O) groups is 1. The Labute approximate surface area is 124 Å². The molecule has 92 valence electrons. The van der Waals surface area contributed by atoms with Gasteiger partial charge in [-0.1, -0.05) is 64.6 Å². The van der Waals surface area contributed by atoms with Gasteiger partial charge in [-0.25, -0.2) is 4.99 Å². The van der Waals surface area contributed by atoms with Gasteiger partial charge in [-0.3, -0.25) is 4.79 Å². The van der Waals surface area contributed by atoms with Crippen molar-refractivity contribution in [2.75, 3.05) is 0 Å². The van der Waals surface area contributed by atoms with Crippen LogP contribution in [0.25, 0.3) is 0 Å². The summed E-state index contributed by atoms with van der Waals surface area (Å²) in [5, 5.41) is -0.360. The van der Waals surface area contributed by atoms with Gasteiger partial charge >= 0.3 is 0 Å². The van der Waals surface area contributed by atoms with Crippen LogP contribution in [0.1, 0.15) is 0 Å². The number of para-hydroxylation sites is 1. The highest BCUT2D eigenvalue weighted by Gasteiger charge is 2.29. The van der Waals surface area contributed by atoms with Crippen molar-refractivity contribution in [3.05, 3.63) is 50.5 Å². The molecule has 18 heavy (non-hydrogen) atoms. The Balaban J connectivity index is 2.57. The van der Waals surface area contributed by atoms with Crippen molar-refractivity contribution in [2.24, 2.45) is 4.99 Å². The van der Waals surface area contributed by atoms with E-state index >= 15 is 0 Å². The van der Waals surface area contributed by atoms with Crippen LogP contribution in [0.2, 0.25) is 0 Å². The van der Waals surface area contributed by atoms with Crippen LogP contribution in [0.4, 0.5) is 5.69 Å². The fourth-order valence-corrected chi connectivity index (χ4v) is 2.24. The van der Waals surface area contributed by atoms with Crippen LogP contribution in [-0.2, 0) is 4.79 Å². The van der Waals surface area contributed by atoms with Crippen LogP contribution in [0.5, 0.6) is 0 Å². The first-order chi connectivity index (χ1) is 8.52. The van der Waals surface area contributed by atoms with Crippen LogP contribution >= 0.6 is 46.4 Å². The van der Waals surface area contributed by atoms with E-state index in [0.717, 1.165) is 0 Å². The first-order valence-corrected chi connectivity index (χ1v) is 6.33. The standard InChI is InChI=1S/C12H5Cl4NO/c13-7-9(15)12(18)10(16)8(14)11(7)17-6-4-2-1-3-5-6/h1-5H. The summed E-state index contributed by atoms with van der Waals surface area (Å²) in [6.45, 7) is 0. The summed E-state index contributed by atoms with van der Waals surface area (Å²) >= 11 is 23.5. The average molecular weight is 321 g/mol. The second-order valence-electron chi connectivity index (χ2n) is 3.38. The van der Waals surface area contributed by atoms with Gasteiger partial charge in [0.25, 0.3) is 0 Å². The third kappa shape index (κ3) is 2.47. The minimum atomic E-state index is -0.597. The van der Waals surface area contributed by atoms with Crippen molar-refractivity contribution >= 4 is 63.6 Å². The van der Waals surface area contributed by atoms with Crippen molar-refractivity contribution in [3.8, 4) is 0 Å². The molecule has 0 unspecified atom stereocenters. The second-order valence-corrected chi connectivity index (χ2v) is 4.89. The predicted octanol–water partition coefficient (Wildman–Crippen LogP) is 4.72. The number of allylic oxidation sites excluding steroid dienone is 4. The van der Waals surface area contributed by atoms with Crippen LogP contribution in [-0.4, -0.2) is 11.5 Å². The van der Waals surface area contributed by atoms with E-state index in [1.807, 2.05) is 18.2 Å². The van der Waals surface area contributed by atoms with Crippen LogP contribution in [0.15, 0.2) is 55.5 Å². The average Bonchev–Trinajstić information content (AvgIpc) is 2.40. The molecule has 0 aromatic heterocycles. The van der Waals surface area contributed by atoms with Gasteiger partial charge in [0.15, 0.2) is 0 Å². The van der Waals surface area contributed by atoms with Gasteiger partial charge in [-0.05, 0) is 12.1 Å². The molecule has 0 bridgehead atoms. The molecule has 2 nitrogen and oxygen atoms in total. The van der Waals surface area contributed by atoms with E-state index < -0.39 is 5.78 Å². The molecular formula is C12H5Cl4NO. The van der Waals surface area contributed by atoms with E-state index in [9.17, 15) is 4.79 Å². The molecule has 0 fully saturated rings. The molecular weight excluding hydrogens is 316 g/mol. The lowest BCUT2D eigenvalue weighted by molar-refractivity contribution is -0.111. The molecule has 0 spiro atoms. The lowest BCUT2D eigenvalue weighted by Crippen LogP contribution is -2.15. The summed E-state index contributed by atoms with van der Waals surface area (Å²) in [5.41, 5.74) is 0.825. The molecule has 1 aromatic rings. The highest BCUT2D eigenvalue weighted by molar-refractivity contribution is 6.70. The topological polar surface area (TPSA) is 29.4 Å². The van der Waals surface area contributed by atoms with Gasteiger partial charge in [0.1, 0.15) is 15.8 Å². The smallest absolute Gasteiger partial charge is 0.218 e. The molecule has 0 atom stereocenters. The molecule has 1 aliphatic carbocycles. The highest BCUT2D eigenvalue weighted by Crippen LogP contribution is 2.35. The van der Waals surface area contributed by atoms with Crippen molar-refractivity contribution in [3.63, 3.8) is 0 Å². The molecule has 0 radical (unpaired) electrons. The summed E-state index contributed by atoms with van der Waals surface area (Å²) in [7, 11) is 0. The van der Waals surface area contributed by atoms with E-state index in [1.165, 1.54) is 0 Å². The Hall–Kier alpha value is -0.800. The van der Waals surface area contributed by atoms with Crippen LogP contribution < -0.4 is 0 Å². The van der Waals surface area contributed by atoms with E-state index in [4.69, 9.17) is 46.4 Å². The largest absolute Gasteiger partial charge is 0.286 e. The van der Waals surface area contributed by atoms with E-state index in [-0.39, 0.29) is 25.8 Å². The third-order valence-corrected chi connectivity index (χ3v) is 3.85. The minimum absolute atomic E-state index is 0.0000743. The third-order valence-electron chi connectivity index (χ3n) is 2.20. The molecule has 0 N–H and O–H groups in total. The van der Waals surface area contributed by atoms with Crippen molar-refractivity contribution in [1.82, 2.24) is 0 Å². The zero-order valence-corrected chi connectivity index (χ0v) is 11.8. The highest BCUT2D eigenvalue weighted by atomic mass is 35.5. The molecule has 0 saturated carbocycles. The van der Waals surface area contributed by atoms with E-state index in [1.54, 1.807) is 12.1 Å². The molecule has 6 heteroatoms. The number of halogens is 4. The van der Waals surface area contributed by atoms with Gasteiger partial charge in [-0.2, -0.15) is 0 Å². The van der Waals surface area contributed by atoms with Gasteiger partial charge in [0.2, 0.25) is 5.78 Å². The second kappa shape index (κ2) is 5.45. The lowest BCUT2D eigenvalue weighted by atomic mass is 10.1. The quantitative estimate of drug-likeness (QED) is 0.688. The Bertz CT molecular complexity index is 572. The number of ketones is 1. The first kappa shape index (κ1) is 13.6. The maximum absolute atomic E-state index is 11.5. The number of nitrogens with zero attached hydrogens (tertiary/aromatic N) is 1. The summed E-state index contributed by atoms with van der Waals surface area (Å²) in [4.78, 5) is 15.8. The zero-order valence-electron chi connectivity index (χ0n) is 8.75. The maximum Gasteiger partial charge on any atom is 0.218 e. The molecule has 0 heterocycles. The van der Waals surface area contributed by atoms with Gasteiger partial charge in [-0.15, -0.1) is 0 Å². The SMILES string of the molecule is O=C1C(Cl)=C(Cl)C(=Nc2ccccc2)C(Cl)=C1Cl. The summed E-state index contributed by atoms with van der Waals surface area (Å²) in [5.74, 6) is -0.597. The number of Topliss-reactive ketones (excluding diaryl/α,β-unsaturated/α-hetero) is 1. The van der Waals surface area contributed by atoms with Gasteiger partial charge in [0, 0.05) is 0 Å². The van der Waals surface area contributed by atoms with Crippen LogP contribution in [0.3, 0.4) is 0 Å². The normalized spacial score (nSPS) is 16.4. The fourth-order valence-electron chi connectivity index (χ4n) is 1.33. The number of benzene rings is 1. The summed E-state index contributed by atoms with van der Waals surface area (Å²) in [6.07, 6.45) is 0. The number of rotatable bonds is 1. The van der Waals surface area contributed by atoms with E-state index in [0.29, 0.717) is 5.69 Å². The number of carbonyl (C=O) groups excluding carboxylic acids is 1. The van der Waals surface area contributed by atoms with Crippen molar-refractivity contribution < 1.29 is 4.79 Å². The fraction of sp³-hybridized carbons (Fsp3) is 0. The molecule has 2 rings (SSSR count). The number of hydrogen-bond donors (Lipinski definition) is 0. The van der Waals surface area contributed by atoms with Crippen LogP contribution in [0, 0.1) is 0 Å². The van der Waals surface area contributed by atoms with Gasteiger partial charge < -0.3 is 0 Å². The Kier molecular flexibility index (Phi) is 4.13. The van der Waals surface area contributed by atoms with Crippen molar-refractivity contribution in [1.29, 1.82) is 0 Å². The Morgan fingerprint density at radius 2 is 1.28 bits per heavy atom. The van der Waals surface area contributed by atoms with Crippen molar-refractivity contribution in [2.45, 2.75) is 0 Å². The molecule has 1 aliphatic rings. The summed E-state index contributed by atoms with van der Waals surface area (Å²) < 4.78 is 0. The zero-order chi connectivity index (χ0) is 13.3. The predicted molar refractivity (Wildman–Crippen MR) is 76.0 cm³/mol. The number of aliphatic imine (C=N–C) groups is 1. The Morgan fingerprint density at radius 3 is 1.78 bits per heavy atom. The Morgan fingerprint density at radius 1 is 0.778 bits per heavy atom. The minimum Gasteiger partial charge on any atom is -0.286 e. The lowest BCUT2D eigenvalue weighted by Gasteiger charge is -2.13. The maximum atomic E-state index is 11.5. The molecule has 1 aromatic carbocycles. The monoisotopic (exact) mass is 319 g/mol. The van der Waals surface area contributed by atoms with Gasteiger partial charge in [0.05, 0.1) is 15.8 Å². The summed E-state index contributed by atoms with van der Waals surface area (Å²) in [6, 6.07) is 9.00. The first-order valence-electron chi connectivity index (χ1n) is 4.82.